The third-order valence-corrected chi connectivity index (χ3v) is 6.84. The fourth-order valence-electron chi connectivity index (χ4n) is 4.42. The molecule has 9 nitrogen and oxygen atoms in total. The number of methoxy groups -OCH3 is 1. The van der Waals surface area contributed by atoms with Gasteiger partial charge in [-0.25, -0.2) is 4.98 Å². The van der Waals surface area contributed by atoms with Crippen LogP contribution in [0.5, 0.6) is 5.75 Å². The number of piperazine rings is 1. The molecule has 1 fully saturated rings. The summed E-state index contributed by atoms with van der Waals surface area (Å²) >= 11 is 6.34. The molecule has 2 aromatic heterocycles. The minimum Gasteiger partial charge on any atom is -0.495 e. The lowest BCUT2D eigenvalue weighted by molar-refractivity contribution is -0.121. The number of ether oxygens (including phenoxy) is 1. The normalized spacial score (nSPS) is 14.6. The molecule has 0 unspecified atom stereocenters. The maximum atomic E-state index is 12.1. The zero-order valence-electron chi connectivity index (χ0n) is 21.2. The van der Waals surface area contributed by atoms with E-state index in [1.165, 1.54) is 0 Å². The summed E-state index contributed by atoms with van der Waals surface area (Å²) in [5, 5.41) is 13.3. The first-order chi connectivity index (χ1) is 17.4. The summed E-state index contributed by atoms with van der Waals surface area (Å²) in [6.45, 7) is 5.81. The van der Waals surface area contributed by atoms with Gasteiger partial charge in [-0.2, -0.15) is 0 Å². The summed E-state index contributed by atoms with van der Waals surface area (Å²) in [6, 6.07) is 7.72. The molecule has 1 aliphatic rings. The molecule has 10 heteroatoms. The number of anilines is 1. The van der Waals surface area contributed by atoms with E-state index >= 15 is 0 Å². The predicted molar refractivity (Wildman–Crippen MR) is 143 cm³/mol. The highest BCUT2D eigenvalue weighted by Crippen LogP contribution is 2.34. The first-order valence-corrected chi connectivity index (χ1v) is 12.6. The first kappa shape index (κ1) is 26.2. The van der Waals surface area contributed by atoms with E-state index < -0.39 is 0 Å². The summed E-state index contributed by atoms with van der Waals surface area (Å²) in [4.78, 5) is 23.6. The zero-order valence-corrected chi connectivity index (χ0v) is 22.0. The number of halogens is 1. The van der Waals surface area contributed by atoms with E-state index in [1.807, 2.05) is 30.9 Å². The van der Waals surface area contributed by atoms with Gasteiger partial charge in [-0.05, 0) is 37.9 Å². The number of nitrogens with one attached hydrogen (secondary N) is 1. The lowest BCUT2D eigenvalue weighted by atomic mass is 10.1. The van der Waals surface area contributed by atoms with Gasteiger partial charge in [0, 0.05) is 81.9 Å². The molecule has 0 radical (unpaired) electrons. The van der Waals surface area contributed by atoms with E-state index in [2.05, 4.69) is 32.1 Å². The van der Waals surface area contributed by atoms with Crippen molar-refractivity contribution in [2.75, 3.05) is 71.9 Å². The minimum absolute atomic E-state index is 0.113. The van der Waals surface area contributed by atoms with E-state index in [9.17, 15) is 9.90 Å². The number of rotatable bonds is 10. The Morgan fingerprint density at radius 3 is 2.69 bits per heavy atom. The van der Waals surface area contributed by atoms with Crippen molar-refractivity contribution in [2.45, 2.75) is 13.0 Å². The number of amides is 1. The van der Waals surface area contributed by atoms with Gasteiger partial charge < -0.3 is 29.4 Å². The number of pyridine rings is 1. The van der Waals surface area contributed by atoms with E-state index in [-0.39, 0.29) is 12.5 Å². The third kappa shape index (κ3) is 6.28. The Bertz CT molecular complexity index is 1190. The van der Waals surface area contributed by atoms with E-state index in [0.717, 1.165) is 61.9 Å². The molecule has 194 valence electrons. The highest BCUT2D eigenvalue weighted by atomic mass is 35.5. The number of carbonyl (C=O) groups excluding carboxylic acids is 1. The standard InChI is InChI=1S/C26H35ClN6O3/c1-30(2)9-6-28-26(35)5-7-31-10-12-32(13-11-31)20-4-8-33-17-23(29-25(33)15-20)21-16-22(27)24(36-3)14-19(21)18-34/h4,8,14-17,34H,5-7,9-13,18H2,1-3H3,(H,28,35). The summed E-state index contributed by atoms with van der Waals surface area (Å²) in [7, 11) is 5.55. The maximum absolute atomic E-state index is 12.1. The Morgan fingerprint density at radius 2 is 2.00 bits per heavy atom. The maximum Gasteiger partial charge on any atom is 0.221 e. The van der Waals surface area contributed by atoms with Gasteiger partial charge in [0.2, 0.25) is 5.91 Å². The van der Waals surface area contributed by atoms with Crippen LogP contribution in [-0.4, -0.2) is 97.2 Å². The van der Waals surface area contributed by atoms with Gasteiger partial charge in [0.1, 0.15) is 11.4 Å². The van der Waals surface area contributed by atoms with Gasteiger partial charge >= 0.3 is 0 Å². The van der Waals surface area contributed by atoms with E-state index in [0.29, 0.717) is 29.3 Å². The second-order valence-electron chi connectivity index (χ2n) is 9.31. The van der Waals surface area contributed by atoms with Crippen molar-refractivity contribution in [3.63, 3.8) is 0 Å². The van der Waals surface area contributed by atoms with Crippen molar-refractivity contribution < 1.29 is 14.6 Å². The molecule has 0 bridgehead atoms. The van der Waals surface area contributed by atoms with Gasteiger partial charge in [-0.3, -0.25) is 9.69 Å². The van der Waals surface area contributed by atoms with Crippen molar-refractivity contribution in [1.82, 2.24) is 24.5 Å². The average Bonchev–Trinajstić information content (AvgIpc) is 3.30. The molecular weight excluding hydrogens is 480 g/mol. The Kier molecular flexibility index (Phi) is 8.68. The molecule has 3 aromatic rings. The molecule has 4 rings (SSSR count). The number of fused-ring (bicyclic) bond motifs is 1. The van der Waals surface area contributed by atoms with Crippen LogP contribution < -0.4 is 15.0 Å². The lowest BCUT2D eigenvalue weighted by Gasteiger charge is -2.36. The van der Waals surface area contributed by atoms with Crippen LogP contribution in [0.3, 0.4) is 0 Å². The Balaban J connectivity index is 1.37. The minimum atomic E-state index is -0.135. The molecule has 0 atom stereocenters. The molecule has 2 N–H and O–H groups in total. The largest absolute Gasteiger partial charge is 0.495 e. The Hall–Kier alpha value is -2.85. The monoisotopic (exact) mass is 514 g/mol. The summed E-state index contributed by atoms with van der Waals surface area (Å²) in [5.74, 6) is 0.641. The molecule has 0 saturated carbocycles. The number of aliphatic hydroxyl groups excluding tert-OH is 1. The fourth-order valence-corrected chi connectivity index (χ4v) is 4.66. The van der Waals surface area contributed by atoms with Crippen LogP contribution in [0, 0.1) is 0 Å². The average molecular weight is 515 g/mol. The first-order valence-electron chi connectivity index (χ1n) is 12.2. The third-order valence-electron chi connectivity index (χ3n) is 6.54. The lowest BCUT2D eigenvalue weighted by Crippen LogP contribution is -2.47. The van der Waals surface area contributed by atoms with Crippen LogP contribution in [0.1, 0.15) is 12.0 Å². The molecule has 1 aromatic carbocycles. The fraction of sp³-hybridized carbons (Fsp3) is 0.462. The molecule has 0 spiro atoms. The van der Waals surface area contributed by atoms with Crippen molar-refractivity contribution in [3.05, 3.63) is 47.2 Å². The second-order valence-corrected chi connectivity index (χ2v) is 9.72. The van der Waals surface area contributed by atoms with E-state index in [1.54, 1.807) is 19.2 Å². The van der Waals surface area contributed by atoms with Crippen LogP contribution in [0.15, 0.2) is 36.7 Å². The summed E-state index contributed by atoms with van der Waals surface area (Å²) in [5.41, 5.74) is 4.19. The number of likely N-dealkylation sites (N-methyl/N-ethyl adjacent to an activating group) is 1. The molecular formula is C26H35ClN6O3. The van der Waals surface area contributed by atoms with Gasteiger partial charge in [0.05, 0.1) is 24.4 Å². The quantitative estimate of drug-likeness (QED) is 0.429. The van der Waals surface area contributed by atoms with Gasteiger partial charge in [0.25, 0.3) is 0 Å². The Labute approximate surface area is 217 Å². The number of imidazole rings is 1. The highest BCUT2D eigenvalue weighted by molar-refractivity contribution is 6.32. The van der Waals surface area contributed by atoms with Crippen LogP contribution in [-0.2, 0) is 11.4 Å². The SMILES string of the molecule is COc1cc(CO)c(-c2cn3ccc(N4CCN(CCC(=O)NCCN(C)C)CC4)cc3n2)cc1Cl. The smallest absolute Gasteiger partial charge is 0.221 e. The van der Waals surface area contributed by atoms with E-state index in [4.69, 9.17) is 21.3 Å². The topological polar surface area (TPSA) is 85.6 Å². The number of hydrogen-bond donors (Lipinski definition) is 2. The van der Waals surface area contributed by atoms with Crippen LogP contribution in [0.25, 0.3) is 16.9 Å². The highest BCUT2D eigenvalue weighted by Gasteiger charge is 2.19. The molecule has 0 aliphatic carbocycles. The van der Waals surface area contributed by atoms with Crippen molar-refractivity contribution in [2.24, 2.45) is 0 Å². The zero-order chi connectivity index (χ0) is 25.7. The van der Waals surface area contributed by atoms with Crippen molar-refractivity contribution in [3.8, 4) is 17.0 Å². The molecule has 1 amide bonds. The van der Waals surface area contributed by atoms with Gasteiger partial charge in [-0.1, -0.05) is 11.6 Å². The number of hydrogen-bond acceptors (Lipinski definition) is 7. The summed E-state index contributed by atoms with van der Waals surface area (Å²) in [6.07, 6.45) is 4.48. The second kappa shape index (κ2) is 11.9. The number of carbonyl (C=O) groups is 1. The van der Waals surface area contributed by atoms with Crippen LogP contribution >= 0.6 is 11.6 Å². The number of nitrogens with zero attached hydrogens (tertiary/aromatic N) is 5. The van der Waals surface area contributed by atoms with Crippen LogP contribution in [0.2, 0.25) is 5.02 Å². The molecule has 36 heavy (non-hydrogen) atoms. The van der Waals surface area contributed by atoms with Crippen LogP contribution in [0.4, 0.5) is 5.69 Å². The molecule has 1 saturated heterocycles. The summed E-state index contributed by atoms with van der Waals surface area (Å²) < 4.78 is 7.25. The predicted octanol–water partition coefficient (Wildman–Crippen LogP) is 2.35. The number of aliphatic hydroxyl groups is 1. The van der Waals surface area contributed by atoms with Gasteiger partial charge in [0.15, 0.2) is 0 Å². The van der Waals surface area contributed by atoms with Crippen molar-refractivity contribution >= 4 is 28.8 Å². The number of aromatic nitrogens is 2. The van der Waals surface area contributed by atoms with Crippen molar-refractivity contribution in [1.29, 1.82) is 0 Å². The number of benzene rings is 1. The Morgan fingerprint density at radius 1 is 1.22 bits per heavy atom. The molecule has 3 heterocycles. The van der Waals surface area contributed by atoms with Gasteiger partial charge in [-0.15, -0.1) is 0 Å². The molecule has 1 aliphatic heterocycles.